The highest BCUT2D eigenvalue weighted by Crippen LogP contribution is 2.30. The summed E-state index contributed by atoms with van der Waals surface area (Å²) in [5, 5.41) is 5.64. The van der Waals surface area contributed by atoms with Gasteiger partial charge in [0.2, 0.25) is 0 Å². The molecule has 0 radical (unpaired) electrons. The molecule has 1 N–H and O–H groups in total. The normalized spacial score (nSPS) is 11.4. The van der Waals surface area contributed by atoms with Crippen molar-refractivity contribution in [2.24, 2.45) is 7.05 Å². The minimum absolute atomic E-state index is 0.182. The van der Waals surface area contributed by atoms with Gasteiger partial charge in [0.25, 0.3) is 5.91 Å². The molecule has 0 aliphatic rings. The highest BCUT2D eigenvalue weighted by atomic mass is 19.4. The maximum absolute atomic E-state index is 12.9. The lowest BCUT2D eigenvalue weighted by molar-refractivity contribution is -0.141. The van der Waals surface area contributed by atoms with Crippen molar-refractivity contribution >= 4 is 11.6 Å². The number of carbonyl (C=O) groups excluding carboxylic acids is 1. The molecule has 2 aromatic heterocycles. The number of hydrogen-bond donors (Lipinski definition) is 1. The minimum Gasteiger partial charge on any atom is -0.319 e. The van der Waals surface area contributed by atoms with E-state index >= 15 is 0 Å². The first kappa shape index (κ1) is 16.6. The van der Waals surface area contributed by atoms with Gasteiger partial charge in [-0.2, -0.15) is 18.3 Å². The first-order chi connectivity index (χ1) is 11.8. The van der Waals surface area contributed by atoms with Gasteiger partial charge in [-0.15, -0.1) is 0 Å². The Labute approximate surface area is 140 Å². The molecule has 0 atom stereocenters. The van der Waals surface area contributed by atoms with Crippen molar-refractivity contribution in [3.05, 3.63) is 60.2 Å². The van der Waals surface area contributed by atoms with Crippen molar-refractivity contribution in [2.45, 2.75) is 6.18 Å². The molecule has 1 aromatic carbocycles. The number of rotatable bonds is 3. The Morgan fingerprint density at radius 1 is 1.12 bits per heavy atom. The van der Waals surface area contributed by atoms with Crippen LogP contribution in [0.5, 0.6) is 0 Å². The van der Waals surface area contributed by atoms with Gasteiger partial charge in [0.15, 0.2) is 11.5 Å². The summed E-state index contributed by atoms with van der Waals surface area (Å²) in [5.41, 5.74) is -0.842. The van der Waals surface area contributed by atoms with Gasteiger partial charge in [0.1, 0.15) is 0 Å². The van der Waals surface area contributed by atoms with Crippen LogP contribution in [0.2, 0.25) is 0 Å². The standard InChI is InChI=1S/C16H12F3N5O/c1-24-9-12(13(23-24)16(17,18)19)15(25)22-11-7-20-14(21-8-11)10-5-3-2-4-6-10/h2-9H,1H3,(H,22,25). The molecule has 0 fully saturated rings. The molecule has 128 valence electrons. The SMILES string of the molecule is Cn1cc(C(=O)Nc2cnc(-c3ccccc3)nc2)c(C(F)(F)F)n1. The lowest BCUT2D eigenvalue weighted by Gasteiger charge is -2.07. The van der Waals surface area contributed by atoms with Crippen molar-refractivity contribution in [1.82, 2.24) is 19.7 Å². The second-order valence-corrected chi connectivity index (χ2v) is 5.18. The molecule has 0 aliphatic heterocycles. The van der Waals surface area contributed by atoms with E-state index in [1.165, 1.54) is 19.4 Å². The van der Waals surface area contributed by atoms with Gasteiger partial charge in [-0.05, 0) is 0 Å². The largest absolute Gasteiger partial charge is 0.435 e. The lowest BCUT2D eigenvalue weighted by atomic mass is 10.2. The average Bonchev–Trinajstić information content (AvgIpc) is 2.99. The molecular weight excluding hydrogens is 335 g/mol. The Balaban J connectivity index is 1.80. The maximum atomic E-state index is 12.9. The number of anilines is 1. The molecular formula is C16H12F3N5O. The van der Waals surface area contributed by atoms with Gasteiger partial charge in [0, 0.05) is 18.8 Å². The molecule has 9 heteroatoms. The van der Waals surface area contributed by atoms with E-state index in [4.69, 9.17) is 0 Å². The molecule has 0 spiro atoms. The number of halogens is 3. The van der Waals surface area contributed by atoms with E-state index in [1.54, 1.807) is 0 Å². The van der Waals surface area contributed by atoms with Crippen LogP contribution >= 0.6 is 0 Å². The van der Waals surface area contributed by atoms with Gasteiger partial charge in [0.05, 0.1) is 23.6 Å². The third-order valence-electron chi connectivity index (χ3n) is 3.28. The molecule has 0 bridgehead atoms. The Bertz CT molecular complexity index is 888. The van der Waals surface area contributed by atoms with Crippen LogP contribution in [0.4, 0.5) is 18.9 Å². The molecule has 6 nitrogen and oxygen atoms in total. The predicted octanol–water partition coefficient (Wildman–Crippen LogP) is 3.15. The summed E-state index contributed by atoms with van der Waals surface area (Å²) in [6.45, 7) is 0. The number of alkyl halides is 3. The summed E-state index contributed by atoms with van der Waals surface area (Å²) in [6.07, 6.45) is -1.05. The van der Waals surface area contributed by atoms with Crippen molar-refractivity contribution in [1.29, 1.82) is 0 Å². The first-order valence-electron chi connectivity index (χ1n) is 7.14. The van der Waals surface area contributed by atoms with E-state index in [-0.39, 0.29) is 5.69 Å². The molecule has 3 aromatic rings. The smallest absolute Gasteiger partial charge is 0.319 e. The minimum atomic E-state index is -4.72. The van der Waals surface area contributed by atoms with Gasteiger partial charge < -0.3 is 5.32 Å². The number of hydrogen-bond acceptors (Lipinski definition) is 4. The number of nitrogens with one attached hydrogen (secondary N) is 1. The summed E-state index contributed by atoms with van der Waals surface area (Å²) in [6, 6.07) is 9.15. The van der Waals surface area contributed by atoms with Crippen LogP contribution in [0, 0.1) is 0 Å². The Kier molecular flexibility index (Phi) is 4.22. The third-order valence-corrected chi connectivity index (χ3v) is 3.28. The Morgan fingerprint density at radius 3 is 2.36 bits per heavy atom. The number of amides is 1. The van der Waals surface area contributed by atoms with Crippen molar-refractivity contribution < 1.29 is 18.0 Å². The van der Waals surface area contributed by atoms with E-state index in [9.17, 15) is 18.0 Å². The quantitative estimate of drug-likeness (QED) is 0.790. The second kappa shape index (κ2) is 6.34. The van der Waals surface area contributed by atoms with Gasteiger partial charge in [-0.3, -0.25) is 9.48 Å². The van der Waals surface area contributed by atoms with Crippen LogP contribution in [0.1, 0.15) is 16.1 Å². The van der Waals surface area contributed by atoms with Crippen molar-refractivity contribution in [3.63, 3.8) is 0 Å². The van der Waals surface area contributed by atoms with Gasteiger partial charge >= 0.3 is 6.18 Å². The fourth-order valence-electron chi connectivity index (χ4n) is 2.19. The molecule has 25 heavy (non-hydrogen) atoms. The van der Waals surface area contributed by atoms with E-state index in [1.807, 2.05) is 30.3 Å². The fourth-order valence-corrected chi connectivity index (χ4v) is 2.19. The topological polar surface area (TPSA) is 72.7 Å². The van der Waals surface area contributed by atoms with Crippen LogP contribution in [0.15, 0.2) is 48.9 Å². The number of carbonyl (C=O) groups is 1. The molecule has 0 unspecified atom stereocenters. The average molecular weight is 347 g/mol. The molecule has 0 saturated carbocycles. The second-order valence-electron chi connectivity index (χ2n) is 5.18. The van der Waals surface area contributed by atoms with Crippen LogP contribution in [-0.4, -0.2) is 25.7 Å². The van der Waals surface area contributed by atoms with E-state index < -0.39 is 23.3 Å². The third kappa shape index (κ3) is 3.65. The van der Waals surface area contributed by atoms with Gasteiger partial charge in [-0.1, -0.05) is 30.3 Å². The fraction of sp³-hybridized carbons (Fsp3) is 0.125. The molecule has 1 amide bonds. The highest BCUT2D eigenvalue weighted by Gasteiger charge is 2.39. The van der Waals surface area contributed by atoms with Crippen LogP contribution in [-0.2, 0) is 13.2 Å². The summed E-state index contributed by atoms with van der Waals surface area (Å²) < 4.78 is 39.7. The lowest BCUT2D eigenvalue weighted by Crippen LogP contribution is -2.18. The number of benzene rings is 1. The van der Waals surface area contributed by atoms with Gasteiger partial charge in [-0.25, -0.2) is 9.97 Å². The zero-order valence-corrected chi connectivity index (χ0v) is 12.9. The Hall–Kier alpha value is -3.23. The summed E-state index contributed by atoms with van der Waals surface area (Å²) >= 11 is 0. The zero-order chi connectivity index (χ0) is 18.0. The maximum Gasteiger partial charge on any atom is 0.435 e. The summed E-state index contributed by atoms with van der Waals surface area (Å²) in [4.78, 5) is 20.3. The first-order valence-corrected chi connectivity index (χ1v) is 7.14. The number of nitrogens with zero attached hydrogens (tertiary/aromatic N) is 4. The van der Waals surface area contributed by atoms with Crippen LogP contribution in [0.3, 0.4) is 0 Å². The van der Waals surface area contributed by atoms with E-state index in [2.05, 4.69) is 20.4 Å². The molecule has 3 rings (SSSR count). The van der Waals surface area contributed by atoms with Crippen LogP contribution < -0.4 is 5.32 Å². The van der Waals surface area contributed by atoms with Crippen LogP contribution in [0.25, 0.3) is 11.4 Å². The highest BCUT2D eigenvalue weighted by molar-refractivity contribution is 6.04. The predicted molar refractivity (Wildman–Crippen MR) is 83.6 cm³/mol. The van der Waals surface area contributed by atoms with Crippen molar-refractivity contribution in [3.8, 4) is 11.4 Å². The summed E-state index contributed by atoms with van der Waals surface area (Å²) in [5.74, 6) is -0.493. The number of aromatic nitrogens is 4. The molecule has 2 heterocycles. The number of aryl methyl sites for hydroxylation is 1. The van der Waals surface area contributed by atoms with Crippen molar-refractivity contribution in [2.75, 3.05) is 5.32 Å². The van der Waals surface area contributed by atoms with E-state index in [0.717, 1.165) is 16.4 Å². The molecule has 0 saturated heterocycles. The zero-order valence-electron chi connectivity index (χ0n) is 12.9. The molecule has 0 aliphatic carbocycles. The monoisotopic (exact) mass is 347 g/mol. The summed E-state index contributed by atoms with van der Waals surface area (Å²) in [7, 11) is 1.31. The Morgan fingerprint density at radius 2 is 1.76 bits per heavy atom. The van der Waals surface area contributed by atoms with E-state index in [0.29, 0.717) is 5.82 Å².